The van der Waals surface area contributed by atoms with Crippen LogP contribution in [0.3, 0.4) is 0 Å². The number of fused-ring (bicyclic) bond motifs is 1. The first-order chi connectivity index (χ1) is 15.3. The van der Waals surface area contributed by atoms with Crippen LogP contribution in [0.1, 0.15) is 48.8 Å². The van der Waals surface area contributed by atoms with Gasteiger partial charge in [0.1, 0.15) is 5.82 Å². The number of benzene rings is 2. The lowest BCUT2D eigenvalue weighted by atomic mass is 10.00. The van der Waals surface area contributed by atoms with Crippen LogP contribution in [0.5, 0.6) is 0 Å². The Kier molecular flexibility index (Phi) is 6.36. The predicted octanol–water partition coefficient (Wildman–Crippen LogP) is 7.87. The third-order valence-corrected chi connectivity index (χ3v) is 6.52. The average molecular weight is 471 g/mol. The van der Waals surface area contributed by atoms with Gasteiger partial charge >= 0.3 is 0 Å². The summed E-state index contributed by atoms with van der Waals surface area (Å²) >= 11 is 12.5. The van der Waals surface area contributed by atoms with Gasteiger partial charge in [0.25, 0.3) is 0 Å². The number of hydrogen-bond donors (Lipinski definition) is 0. The molecule has 0 aliphatic rings. The van der Waals surface area contributed by atoms with Gasteiger partial charge in [-0.3, -0.25) is 0 Å². The highest BCUT2D eigenvalue weighted by Gasteiger charge is 2.20. The second-order valence-electron chi connectivity index (χ2n) is 7.94. The van der Waals surface area contributed by atoms with Gasteiger partial charge in [-0.15, -0.1) is 0 Å². The van der Waals surface area contributed by atoms with Crippen LogP contribution in [0.15, 0.2) is 54.9 Å². The van der Waals surface area contributed by atoms with Gasteiger partial charge in [-0.25, -0.2) is 4.39 Å². The van der Waals surface area contributed by atoms with Crippen LogP contribution < -0.4 is 4.84 Å². The molecule has 0 amide bonds. The molecule has 2 aromatic carbocycles. The zero-order chi connectivity index (χ0) is 23.0. The summed E-state index contributed by atoms with van der Waals surface area (Å²) in [5.74, 6) is -0.519. The fourth-order valence-electron chi connectivity index (χ4n) is 3.96. The lowest BCUT2D eigenvalue weighted by molar-refractivity contribution is 0.0470. The maximum absolute atomic E-state index is 14.0. The Morgan fingerprint density at radius 1 is 1.12 bits per heavy atom. The molecule has 0 saturated carbocycles. The van der Waals surface area contributed by atoms with E-state index < -0.39 is 11.9 Å². The number of nitrogens with zero attached hydrogens (tertiary/aromatic N) is 2. The van der Waals surface area contributed by atoms with Gasteiger partial charge in [0.05, 0.1) is 10.7 Å². The molecular formula is C26H25Cl2FN2O. The van der Waals surface area contributed by atoms with Crippen molar-refractivity contribution in [2.75, 3.05) is 0 Å². The van der Waals surface area contributed by atoms with Crippen molar-refractivity contribution in [2.45, 2.75) is 33.3 Å². The van der Waals surface area contributed by atoms with Crippen LogP contribution in [0.2, 0.25) is 10.0 Å². The van der Waals surface area contributed by atoms with E-state index in [-0.39, 0.29) is 5.02 Å². The summed E-state index contributed by atoms with van der Waals surface area (Å²) in [5.41, 5.74) is 5.98. The van der Waals surface area contributed by atoms with Gasteiger partial charge in [-0.1, -0.05) is 36.2 Å². The van der Waals surface area contributed by atoms with Crippen molar-refractivity contribution >= 4 is 45.8 Å². The summed E-state index contributed by atoms with van der Waals surface area (Å²) < 4.78 is 17.8. The minimum atomic E-state index is -0.546. The Bertz CT molecular complexity index is 1320. The summed E-state index contributed by atoms with van der Waals surface area (Å²) in [6, 6.07) is 13.4. The third kappa shape index (κ3) is 4.17. The SMILES string of the molecule is CC/C(=C\c1c(C)ccn1OC(C)c1c(Cl)ccc(F)c1Cl)c1ccc2c(ccn2C)c1. The van der Waals surface area contributed by atoms with Crippen LogP contribution in [-0.4, -0.2) is 9.30 Å². The molecule has 4 aromatic rings. The first-order valence-electron chi connectivity index (χ1n) is 10.5. The van der Waals surface area contributed by atoms with E-state index in [2.05, 4.69) is 48.0 Å². The van der Waals surface area contributed by atoms with Crippen molar-refractivity contribution in [3.63, 3.8) is 0 Å². The van der Waals surface area contributed by atoms with Crippen molar-refractivity contribution in [2.24, 2.45) is 7.05 Å². The Hall–Kier alpha value is -2.69. The summed E-state index contributed by atoms with van der Waals surface area (Å²) in [6.45, 7) is 5.98. The minimum Gasteiger partial charge on any atom is -0.406 e. The molecule has 0 aliphatic heterocycles. The Balaban J connectivity index is 1.70. The molecule has 0 saturated heterocycles. The van der Waals surface area contributed by atoms with Crippen molar-refractivity contribution in [1.82, 2.24) is 9.30 Å². The quantitative estimate of drug-likeness (QED) is 0.262. The van der Waals surface area contributed by atoms with Crippen LogP contribution in [0.25, 0.3) is 22.6 Å². The molecule has 2 aromatic heterocycles. The van der Waals surface area contributed by atoms with Crippen molar-refractivity contribution in [3.05, 3.63) is 93.1 Å². The summed E-state index contributed by atoms with van der Waals surface area (Å²) in [5, 5.41) is 1.56. The normalized spacial score (nSPS) is 13.0. The number of aryl methyl sites for hydroxylation is 2. The van der Waals surface area contributed by atoms with E-state index in [1.807, 2.05) is 26.2 Å². The largest absolute Gasteiger partial charge is 0.406 e. The van der Waals surface area contributed by atoms with Crippen molar-refractivity contribution in [1.29, 1.82) is 0 Å². The third-order valence-electron chi connectivity index (χ3n) is 5.81. The standard InChI is InChI=1S/C26H25Cl2FN2O/c1-5-18(19-6-9-23-20(14-19)11-12-30(23)4)15-24-16(2)10-13-31(24)32-17(3)25-21(27)7-8-22(29)26(25)28/h6-15,17H,5H2,1-4H3/b18-15+. The molecule has 1 unspecified atom stereocenters. The summed E-state index contributed by atoms with van der Waals surface area (Å²) in [6.07, 6.45) is 6.38. The molecule has 0 fully saturated rings. The molecule has 1 atom stereocenters. The molecule has 0 N–H and O–H groups in total. The van der Waals surface area contributed by atoms with E-state index in [9.17, 15) is 4.39 Å². The van der Waals surface area contributed by atoms with E-state index in [1.54, 1.807) is 11.7 Å². The monoisotopic (exact) mass is 470 g/mol. The molecule has 3 nitrogen and oxygen atoms in total. The minimum absolute atomic E-state index is 0.0172. The second kappa shape index (κ2) is 9.05. The molecule has 0 aliphatic carbocycles. The van der Waals surface area contributed by atoms with Gasteiger partial charge in [-0.2, -0.15) is 4.73 Å². The zero-order valence-electron chi connectivity index (χ0n) is 18.5. The van der Waals surface area contributed by atoms with Crippen LogP contribution in [0.4, 0.5) is 4.39 Å². The zero-order valence-corrected chi connectivity index (χ0v) is 20.0. The molecule has 0 radical (unpaired) electrons. The molecule has 166 valence electrons. The van der Waals surface area contributed by atoms with Crippen LogP contribution in [0, 0.1) is 12.7 Å². The Morgan fingerprint density at radius 3 is 2.66 bits per heavy atom. The molecular weight excluding hydrogens is 446 g/mol. The fourth-order valence-corrected chi connectivity index (χ4v) is 4.64. The highest BCUT2D eigenvalue weighted by atomic mass is 35.5. The number of halogens is 3. The smallest absolute Gasteiger partial charge is 0.150 e. The maximum Gasteiger partial charge on any atom is 0.150 e. The first-order valence-corrected chi connectivity index (χ1v) is 11.3. The maximum atomic E-state index is 14.0. The fraction of sp³-hybridized carbons (Fsp3) is 0.231. The average Bonchev–Trinajstić information content (AvgIpc) is 3.31. The molecule has 2 heterocycles. The van der Waals surface area contributed by atoms with E-state index in [4.69, 9.17) is 28.0 Å². The van der Waals surface area contributed by atoms with Gasteiger partial charge in [0.15, 0.2) is 6.10 Å². The number of rotatable bonds is 6. The molecule has 0 bridgehead atoms. The molecule has 4 rings (SSSR count). The van der Waals surface area contributed by atoms with E-state index in [0.717, 1.165) is 17.7 Å². The summed E-state index contributed by atoms with van der Waals surface area (Å²) in [4.78, 5) is 6.16. The molecule has 32 heavy (non-hydrogen) atoms. The Labute approximate surface area is 197 Å². The highest BCUT2D eigenvalue weighted by Crippen LogP contribution is 2.34. The number of aromatic nitrogens is 2. The second-order valence-corrected chi connectivity index (χ2v) is 8.72. The lowest BCUT2D eigenvalue weighted by Crippen LogP contribution is -2.17. The van der Waals surface area contributed by atoms with E-state index in [1.165, 1.54) is 34.2 Å². The Morgan fingerprint density at radius 2 is 1.91 bits per heavy atom. The highest BCUT2D eigenvalue weighted by molar-refractivity contribution is 6.36. The lowest BCUT2D eigenvalue weighted by Gasteiger charge is -2.20. The molecule has 0 spiro atoms. The van der Waals surface area contributed by atoms with Crippen molar-refractivity contribution < 1.29 is 9.23 Å². The van der Waals surface area contributed by atoms with Gasteiger partial charge in [0, 0.05) is 40.9 Å². The van der Waals surface area contributed by atoms with E-state index >= 15 is 0 Å². The predicted molar refractivity (Wildman–Crippen MR) is 132 cm³/mol. The number of hydrogen-bond acceptors (Lipinski definition) is 1. The first kappa shape index (κ1) is 22.5. The van der Waals surface area contributed by atoms with Crippen LogP contribution >= 0.6 is 23.2 Å². The topological polar surface area (TPSA) is 19.1 Å². The van der Waals surface area contributed by atoms with Gasteiger partial charge in [-0.05, 0) is 79.4 Å². The van der Waals surface area contributed by atoms with Gasteiger partial charge < -0.3 is 9.40 Å². The molecule has 6 heteroatoms. The van der Waals surface area contributed by atoms with Crippen LogP contribution in [-0.2, 0) is 7.05 Å². The van der Waals surface area contributed by atoms with E-state index in [0.29, 0.717) is 10.6 Å². The van der Waals surface area contributed by atoms with Gasteiger partial charge in [0.2, 0.25) is 0 Å². The summed E-state index contributed by atoms with van der Waals surface area (Å²) in [7, 11) is 2.05. The van der Waals surface area contributed by atoms with Crippen molar-refractivity contribution in [3.8, 4) is 0 Å². The number of allylic oxidation sites excluding steroid dienone is 1.